The van der Waals surface area contributed by atoms with Gasteiger partial charge in [-0.2, -0.15) is 0 Å². The van der Waals surface area contributed by atoms with Gasteiger partial charge in [-0.25, -0.2) is 0 Å². The number of carbonyl (C=O) groups excluding carboxylic acids is 2. The van der Waals surface area contributed by atoms with Crippen molar-refractivity contribution in [2.24, 2.45) is 0 Å². The Labute approximate surface area is 189 Å². The van der Waals surface area contributed by atoms with E-state index in [1.54, 1.807) is 42.5 Å². The van der Waals surface area contributed by atoms with Crippen molar-refractivity contribution < 1.29 is 14.3 Å². The summed E-state index contributed by atoms with van der Waals surface area (Å²) in [4.78, 5) is 25.3. The summed E-state index contributed by atoms with van der Waals surface area (Å²) in [6, 6.07) is 19.5. The van der Waals surface area contributed by atoms with Crippen molar-refractivity contribution in [3.05, 3.63) is 92.9 Å². The third-order valence-corrected chi connectivity index (χ3v) is 5.28. The first-order valence-electron chi connectivity index (χ1n) is 9.58. The number of amides is 1. The lowest BCUT2D eigenvalue weighted by Gasteiger charge is -2.13. The smallest absolute Gasteiger partial charge is 0.262 e. The second-order valence-electron chi connectivity index (χ2n) is 6.74. The fourth-order valence-electron chi connectivity index (χ4n) is 2.99. The van der Waals surface area contributed by atoms with Crippen molar-refractivity contribution in [3.63, 3.8) is 0 Å². The SMILES string of the molecule is CCCc1ccc(OCC(=O)Nc2ccc(Cl)cc2C(=O)c2ccccc2)c(Br)c1. The molecule has 0 aliphatic heterocycles. The van der Waals surface area contributed by atoms with Crippen molar-refractivity contribution in [1.82, 2.24) is 0 Å². The van der Waals surface area contributed by atoms with Crippen molar-refractivity contribution in [1.29, 1.82) is 0 Å². The molecule has 0 atom stereocenters. The minimum absolute atomic E-state index is 0.187. The van der Waals surface area contributed by atoms with Gasteiger partial charge in [-0.05, 0) is 58.2 Å². The van der Waals surface area contributed by atoms with E-state index in [4.69, 9.17) is 16.3 Å². The van der Waals surface area contributed by atoms with Gasteiger partial charge in [0.05, 0.1) is 10.2 Å². The van der Waals surface area contributed by atoms with E-state index in [9.17, 15) is 9.59 Å². The van der Waals surface area contributed by atoms with Gasteiger partial charge in [0.2, 0.25) is 0 Å². The zero-order valence-electron chi connectivity index (χ0n) is 16.5. The standard InChI is InChI=1S/C24H21BrClNO3/c1-2-6-16-9-12-22(20(25)13-16)30-15-23(28)27-21-11-10-18(26)14-19(21)24(29)17-7-4-3-5-8-17/h3-5,7-14H,2,6,15H2,1H3,(H,27,28). The van der Waals surface area contributed by atoms with Gasteiger partial charge in [0, 0.05) is 16.1 Å². The van der Waals surface area contributed by atoms with Crippen LogP contribution in [0, 0.1) is 0 Å². The number of benzene rings is 3. The highest BCUT2D eigenvalue weighted by Gasteiger charge is 2.16. The van der Waals surface area contributed by atoms with Gasteiger partial charge in [-0.3, -0.25) is 9.59 Å². The Hall–Kier alpha value is -2.63. The lowest BCUT2D eigenvalue weighted by Crippen LogP contribution is -2.22. The second-order valence-corrected chi connectivity index (χ2v) is 8.03. The van der Waals surface area contributed by atoms with E-state index in [0.29, 0.717) is 27.6 Å². The molecule has 3 aromatic rings. The lowest BCUT2D eigenvalue weighted by molar-refractivity contribution is -0.118. The number of nitrogens with one attached hydrogen (secondary N) is 1. The van der Waals surface area contributed by atoms with Crippen LogP contribution in [-0.2, 0) is 11.2 Å². The predicted octanol–water partition coefficient (Wildman–Crippen LogP) is 6.30. The average Bonchev–Trinajstić information content (AvgIpc) is 2.75. The molecule has 0 fully saturated rings. The molecule has 0 unspecified atom stereocenters. The molecule has 0 aromatic heterocycles. The second kappa shape index (κ2) is 10.4. The van der Waals surface area contributed by atoms with E-state index >= 15 is 0 Å². The Balaban J connectivity index is 1.70. The number of hydrogen-bond acceptors (Lipinski definition) is 3. The normalized spacial score (nSPS) is 10.5. The molecule has 0 aliphatic carbocycles. The van der Waals surface area contributed by atoms with Crippen LogP contribution in [0.4, 0.5) is 5.69 Å². The molecular weight excluding hydrogens is 466 g/mol. The quantitative estimate of drug-likeness (QED) is 0.380. The van der Waals surface area contributed by atoms with Crippen LogP contribution >= 0.6 is 27.5 Å². The molecule has 30 heavy (non-hydrogen) atoms. The van der Waals surface area contributed by atoms with Crippen LogP contribution in [0.25, 0.3) is 0 Å². The summed E-state index contributed by atoms with van der Waals surface area (Å²) in [6.07, 6.45) is 2.04. The fraction of sp³-hybridized carbons (Fsp3) is 0.167. The molecule has 0 spiro atoms. The molecule has 0 aliphatic rings. The highest BCUT2D eigenvalue weighted by molar-refractivity contribution is 9.10. The molecule has 3 aromatic carbocycles. The molecule has 3 rings (SSSR count). The molecule has 4 nitrogen and oxygen atoms in total. The zero-order chi connectivity index (χ0) is 21.5. The predicted molar refractivity (Wildman–Crippen MR) is 124 cm³/mol. The van der Waals surface area contributed by atoms with Crippen LogP contribution in [0.2, 0.25) is 5.02 Å². The largest absolute Gasteiger partial charge is 0.483 e. The molecule has 1 N–H and O–H groups in total. The topological polar surface area (TPSA) is 55.4 Å². The number of carbonyl (C=O) groups is 2. The number of hydrogen-bond donors (Lipinski definition) is 1. The van der Waals surface area contributed by atoms with Gasteiger partial charge in [0.25, 0.3) is 5.91 Å². The van der Waals surface area contributed by atoms with E-state index in [-0.39, 0.29) is 18.3 Å². The summed E-state index contributed by atoms with van der Waals surface area (Å²) < 4.78 is 6.44. The van der Waals surface area contributed by atoms with E-state index in [1.165, 1.54) is 5.56 Å². The maximum Gasteiger partial charge on any atom is 0.262 e. The first kappa shape index (κ1) is 22.1. The molecule has 154 valence electrons. The molecule has 0 radical (unpaired) electrons. The third kappa shape index (κ3) is 5.71. The third-order valence-electron chi connectivity index (χ3n) is 4.43. The maximum atomic E-state index is 12.9. The van der Waals surface area contributed by atoms with Gasteiger partial charge >= 0.3 is 0 Å². The molecular formula is C24H21BrClNO3. The van der Waals surface area contributed by atoms with E-state index in [1.807, 2.05) is 24.3 Å². The van der Waals surface area contributed by atoms with Gasteiger partial charge in [-0.1, -0.05) is 61.3 Å². The summed E-state index contributed by atoms with van der Waals surface area (Å²) in [5.74, 6) is -0.00533. The Morgan fingerprint density at radius 2 is 1.80 bits per heavy atom. The zero-order valence-corrected chi connectivity index (χ0v) is 18.8. The Bertz CT molecular complexity index is 1050. The maximum absolute atomic E-state index is 12.9. The number of halogens is 2. The number of anilines is 1. The van der Waals surface area contributed by atoms with Crippen LogP contribution in [0.1, 0.15) is 34.8 Å². The Kier molecular flexibility index (Phi) is 7.66. The van der Waals surface area contributed by atoms with Gasteiger partial charge in [0.15, 0.2) is 12.4 Å². The van der Waals surface area contributed by atoms with Crippen molar-refractivity contribution in [2.75, 3.05) is 11.9 Å². The van der Waals surface area contributed by atoms with Crippen LogP contribution in [0.15, 0.2) is 71.2 Å². The van der Waals surface area contributed by atoms with E-state index < -0.39 is 0 Å². The fourth-order valence-corrected chi connectivity index (χ4v) is 3.71. The van der Waals surface area contributed by atoms with E-state index in [2.05, 4.69) is 28.2 Å². The Morgan fingerprint density at radius 1 is 1.03 bits per heavy atom. The number of rotatable bonds is 8. The van der Waals surface area contributed by atoms with E-state index in [0.717, 1.165) is 17.3 Å². The van der Waals surface area contributed by atoms with Gasteiger partial charge < -0.3 is 10.1 Å². The molecule has 0 saturated carbocycles. The highest BCUT2D eigenvalue weighted by Crippen LogP contribution is 2.27. The van der Waals surface area contributed by atoms with Crippen LogP contribution in [0.5, 0.6) is 5.75 Å². The first-order chi connectivity index (χ1) is 14.5. The number of aryl methyl sites for hydroxylation is 1. The summed E-state index contributed by atoms with van der Waals surface area (Å²) in [7, 11) is 0. The molecule has 1 amide bonds. The highest BCUT2D eigenvalue weighted by atomic mass is 79.9. The van der Waals surface area contributed by atoms with Crippen LogP contribution in [0.3, 0.4) is 0 Å². The minimum atomic E-state index is -0.371. The summed E-state index contributed by atoms with van der Waals surface area (Å²) in [6.45, 7) is 1.93. The van der Waals surface area contributed by atoms with Crippen LogP contribution < -0.4 is 10.1 Å². The average molecular weight is 487 g/mol. The molecule has 0 bridgehead atoms. The molecule has 0 heterocycles. The summed E-state index contributed by atoms with van der Waals surface area (Å²) in [5, 5.41) is 3.17. The number of ether oxygens (including phenoxy) is 1. The minimum Gasteiger partial charge on any atom is -0.483 e. The summed E-state index contributed by atoms with van der Waals surface area (Å²) >= 11 is 9.57. The molecule has 6 heteroatoms. The van der Waals surface area contributed by atoms with Crippen molar-refractivity contribution >= 4 is 44.9 Å². The lowest BCUT2D eigenvalue weighted by atomic mass is 10.0. The Morgan fingerprint density at radius 3 is 2.50 bits per heavy atom. The van der Waals surface area contributed by atoms with Gasteiger partial charge in [-0.15, -0.1) is 0 Å². The van der Waals surface area contributed by atoms with Crippen LogP contribution in [-0.4, -0.2) is 18.3 Å². The van der Waals surface area contributed by atoms with Gasteiger partial charge in [0.1, 0.15) is 5.75 Å². The van der Waals surface area contributed by atoms with Crippen molar-refractivity contribution in [3.8, 4) is 5.75 Å². The first-order valence-corrected chi connectivity index (χ1v) is 10.8. The van der Waals surface area contributed by atoms with Crippen molar-refractivity contribution in [2.45, 2.75) is 19.8 Å². The molecule has 0 saturated heterocycles. The number of ketones is 1. The summed E-state index contributed by atoms with van der Waals surface area (Å²) in [5.41, 5.74) is 2.43. The monoisotopic (exact) mass is 485 g/mol.